The van der Waals surface area contributed by atoms with E-state index in [9.17, 15) is 9.59 Å². The van der Waals surface area contributed by atoms with Crippen molar-refractivity contribution < 1.29 is 14.1 Å². The van der Waals surface area contributed by atoms with Crippen molar-refractivity contribution in [2.75, 3.05) is 11.9 Å². The number of carbonyl (C=O) groups is 2. The predicted octanol–water partition coefficient (Wildman–Crippen LogP) is 3.04. The van der Waals surface area contributed by atoms with Crippen LogP contribution in [0.3, 0.4) is 0 Å². The van der Waals surface area contributed by atoms with Crippen LogP contribution in [-0.4, -0.2) is 28.5 Å². The van der Waals surface area contributed by atoms with E-state index in [4.69, 9.17) is 4.52 Å². The molecule has 1 saturated carbocycles. The highest BCUT2D eigenvalue weighted by Gasteiger charge is 2.26. The van der Waals surface area contributed by atoms with Crippen LogP contribution in [0.4, 0.5) is 5.13 Å². The maximum Gasteiger partial charge on any atom is 0.273 e. The van der Waals surface area contributed by atoms with Gasteiger partial charge in [-0.3, -0.25) is 9.59 Å². The van der Waals surface area contributed by atoms with Crippen molar-refractivity contribution in [2.24, 2.45) is 0 Å². The Morgan fingerprint density at radius 2 is 2.04 bits per heavy atom. The summed E-state index contributed by atoms with van der Waals surface area (Å²) in [5, 5.41) is 11.5. The predicted molar refractivity (Wildman–Crippen MR) is 97.0 cm³/mol. The van der Waals surface area contributed by atoms with Crippen molar-refractivity contribution in [3.8, 4) is 11.3 Å². The molecule has 1 aliphatic rings. The molecule has 2 aromatic heterocycles. The number of hydrogen-bond donors (Lipinski definition) is 2. The molecule has 8 heteroatoms. The summed E-state index contributed by atoms with van der Waals surface area (Å²) < 4.78 is 5.19. The quantitative estimate of drug-likeness (QED) is 0.697. The third-order valence-corrected chi connectivity index (χ3v) is 4.75. The highest BCUT2D eigenvalue weighted by Crippen LogP contribution is 2.40. The van der Waals surface area contributed by atoms with E-state index in [1.54, 1.807) is 6.07 Å². The molecule has 3 aromatic rings. The number of aromatic nitrogens is 2. The van der Waals surface area contributed by atoms with E-state index in [-0.39, 0.29) is 18.1 Å². The van der Waals surface area contributed by atoms with Gasteiger partial charge in [0.1, 0.15) is 0 Å². The van der Waals surface area contributed by atoms with Crippen LogP contribution in [0.25, 0.3) is 11.3 Å². The minimum absolute atomic E-state index is 0.127. The molecule has 2 heterocycles. The second-order valence-electron chi connectivity index (χ2n) is 6.03. The van der Waals surface area contributed by atoms with Crippen LogP contribution in [0.15, 0.2) is 46.3 Å². The van der Waals surface area contributed by atoms with Gasteiger partial charge in [0, 0.05) is 22.9 Å². The van der Waals surface area contributed by atoms with Crippen molar-refractivity contribution in [1.29, 1.82) is 0 Å². The molecule has 0 atom stereocenters. The largest absolute Gasteiger partial charge is 0.355 e. The average molecular weight is 368 g/mol. The maximum atomic E-state index is 12.1. The summed E-state index contributed by atoms with van der Waals surface area (Å²) in [5.41, 5.74) is 1.99. The number of carbonyl (C=O) groups excluding carboxylic acids is 2. The summed E-state index contributed by atoms with van der Waals surface area (Å²) >= 11 is 1.39. The molecule has 0 aliphatic heterocycles. The fraction of sp³-hybridized carbons (Fsp3) is 0.222. The first-order valence-electron chi connectivity index (χ1n) is 8.24. The number of nitrogens with zero attached hydrogens (tertiary/aromatic N) is 2. The summed E-state index contributed by atoms with van der Waals surface area (Å²) in [5.74, 6) is 0.240. The molecule has 0 unspecified atom stereocenters. The molecular weight excluding hydrogens is 352 g/mol. The average Bonchev–Trinajstić information content (AvgIpc) is 3.20. The zero-order chi connectivity index (χ0) is 17.9. The van der Waals surface area contributed by atoms with Crippen LogP contribution in [0.1, 0.15) is 34.9 Å². The Labute approximate surface area is 153 Å². The molecule has 1 aromatic carbocycles. The van der Waals surface area contributed by atoms with E-state index in [1.807, 2.05) is 35.7 Å². The molecule has 26 heavy (non-hydrogen) atoms. The molecule has 2 N–H and O–H groups in total. The highest BCUT2D eigenvalue weighted by molar-refractivity contribution is 7.13. The smallest absolute Gasteiger partial charge is 0.273 e. The molecule has 4 rings (SSSR count). The fourth-order valence-electron chi connectivity index (χ4n) is 2.45. The second-order valence-corrected chi connectivity index (χ2v) is 6.88. The first-order valence-corrected chi connectivity index (χ1v) is 9.12. The first kappa shape index (κ1) is 16.5. The SMILES string of the molecule is O=C(CNC(=O)c1cc(-c2ccccc2)on1)Nc1nc(C2CC2)cs1. The zero-order valence-electron chi connectivity index (χ0n) is 13.8. The Hall–Kier alpha value is -3.00. The molecular formula is C18H16N4O3S. The molecule has 2 amide bonds. The van der Waals surface area contributed by atoms with Gasteiger partial charge in [-0.05, 0) is 12.8 Å². The topological polar surface area (TPSA) is 97.1 Å². The van der Waals surface area contributed by atoms with Crippen LogP contribution in [0.2, 0.25) is 0 Å². The van der Waals surface area contributed by atoms with Crippen molar-refractivity contribution in [1.82, 2.24) is 15.5 Å². The van der Waals surface area contributed by atoms with Gasteiger partial charge in [-0.15, -0.1) is 11.3 Å². The number of nitrogens with one attached hydrogen (secondary N) is 2. The number of anilines is 1. The van der Waals surface area contributed by atoms with Gasteiger partial charge in [-0.1, -0.05) is 35.5 Å². The molecule has 7 nitrogen and oxygen atoms in total. The lowest BCUT2D eigenvalue weighted by atomic mass is 10.1. The summed E-state index contributed by atoms with van der Waals surface area (Å²) in [6.45, 7) is -0.162. The van der Waals surface area contributed by atoms with Gasteiger partial charge in [0.2, 0.25) is 5.91 Å². The maximum absolute atomic E-state index is 12.1. The zero-order valence-corrected chi connectivity index (χ0v) is 14.6. The molecule has 0 bridgehead atoms. The van der Waals surface area contributed by atoms with Gasteiger partial charge in [0.15, 0.2) is 16.6 Å². The molecule has 0 radical (unpaired) electrons. The summed E-state index contributed by atoms with van der Waals surface area (Å²) in [4.78, 5) is 28.5. The van der Waals surface area contributed by atoms with Gasteiger partial charge < -0.3 is 15.2 Å². The summed E-state index contributed by atoms with van der Waals surface area (Å²) in [6, 6.07) is 10.9. The molecule has 0 saturated heterocycles. The van der Waals surface area contributed by atoms with Gasteiger partial charge in [-0.2, -0.15) is 0 Å². The van der Waals surface area contributed by atoms with Gasteiger partial charge >= 0.3 is 0 Å². The van der Waals surface area contributed by atoms with E-state index in [0.29, 0.717) is 16.8 Å². The van der Waals surface area contributed by atoms with Crippen LogP contribution < -0.4 is 10.6 Å². The van der Waals surface area contributed by atoms with Crippen molar-refractivity contribution in [2.45, 2.75) is 18.8 Å². The molecule has 0 spiro atoms. The van der Waals surface area contributed by atoms with Crippen LogP contribution in [0, 0.1) is 0 Å². The Balaban J connectivity index is 1.30. The minimum atomic E-state index is -0.469. The van der Waals surface area contributed by atoms with E-state index in [1.165, 1.54) is 11.3 Å². The Morgan fingerprint density at radius 1 is 1.23 bits per heavy atom. The molecule has 132 valence electrons. The van der Waals surface area contributed by atoms with Gasteiger partial charge in [0.05, 0.1) is 12.2 Å². The Kier molecular flexibility index (Phi) is 4.49. The molecule has 1 aliphatic carbocycles. The highest BCUT2D eigenvalue weighted by atomic mass is 32.1. The third-order valence-electron chi connectivity index (χ3n) is 3.97. The normalized spacial score (nSPS) is 13.4. The van der Waals surface area contributed by atoms with E-state index in [0.717, 1.165) is 24.1 Å². The standard InChI is InChI=1S/C18H16N4O3S/c23-16(21-18-20-14(10-26-18)11-6-7-11)9-19-17(24)13-8-15(25-22-13)12-4-2-1-3-5-12/h1-5,8,10-11H,6-7,9H2,(H,19,24)(H,20,21,23). The lowest BCUT2D eigenvalue weighted by molar-refractivity contribution is -0.115. The number of hydrogen-bond acceptors (Lipinski definition) is 6. The second kappa shape index (κ2) is 7.09. The third kappa shape index (κ3) is 3.80. The molecule has 1 fully saturated rings. The minimum Gasteiger partial charge on any atom is -0.355 e. The number of thiazole rings is 1. The summed E-state index contributed by atoms with van der Waals surface area (Å²) in [6.07, 6.45) is 2.33. The van der Waals surface area contributed by atoms with Gasteiger partial charge in [-0.25, -0.2) is 4.98 Å². The van der Waals surface area contributed by atoms with E-state index >= 15 is 0 Å². The van der Waals surface area contributed by atoms with E-state index in [2.05, 4.69) is 20.8 Å². The lowest BCUT2D eigenvalue weighted by Gasteiger charge is -2.02. The van der Waals surface area contributed by atoms with Crippen LogP contribution >= 0.6 is 11.3 Å². The monoisotopic (exact) mass is 368 g/mol. The van der Waals surface area contributed by atoms with Gasteiger partial charge in [0.25, 0.3) is 5.91 Å². The summed E-state index contributed by atoms with van der Waals surface area (Å²) in [7, 11) is 0. The fourth-order valence-corrected chi connectivity index (χ4v) is 3.25. The number of benzene rings is 1. The Bertz CT molecular complexity index is 931. The van der Waals surface area contributed by atoms with Crippen molar-refractivity contribution >= 4 is 28.3 Å². The van der Waals surface area contributed by atoms with Crippen molar-refractivity contribution in [3.63, 3.8) is 0 Å². The van der Waals surface area contributed by atoms with Crippen LogP contribution in [-0.2, 0) is 4.79 Å². The van der Waals surface area contributed by atoms with E-state index < -0.39 is 5.91 Å². The van der Waals surface area contributed by atoms with Crippen molar-refractivity contribution in [3.05, 3.63) is 53.2 Å². The number of rotatable bonds is 6. The number of amides is 2. The Morgan fingerprint density at radius 3 is 2.81 bits per heavy atom. The first-order chi connectivity index (χ1) is 12.7. The lowest BCUT2D eigenvalue weighted by Crippen LogP contribution is -2.33. The van der Waals surface area contributed by atoms with Crippen LogP contribution in [0.5, 0.6) is 0 Å².